The minimum atomic E-state index is -1.13. The highest BCUT2D eigenvalue weighted by molar-refractivity contribution is 5.89. The normalized spacial score (nSPS) is 25.0. The molecule has 0 bridgehead atoms. The first kappa shape index (κ1) is 22.7. The number of methoxy groups -OCH3 is 1. The van der Waals surface area contributed by atoms with Crippen molar-refractivity contribution in [3.63, 3.8) is 0 Å². The maximum absolute atomic E-state index is 13.7. The van der Waals surface area contributed by atoms with Crippen LogP contribution in [0.4, 0.5) is 4.79 Å². The van der Waals surface area contributed by atoms with E-state index in [-0.39, 0.29) is 13.0 Å². The largest absolute Gasteiger partial charge is 0.467 e. The number of hydrogen-bond donors (Lipinski definition) is 0. The molecule has 0 aliphatic carbocycles. The third kappa shape index (κ3) is 3.83. The first-order valence-corrected chi connectivity index (χ1v) is 11.4. The SMILES string of the molecule is COC(=O)[C@H]1N(C(=O)OCc2ccccc2)[C@@H](c2ccccc2)[C@H]2OC(=O)C[C@]21c1ccccc1. The van der Waals surface area contributed by atoms with Gasteiger partial charge in [-0.05, 0) is 16.7 Å². The second kappa shape index (κ2) is 9.25. The van der Waals surface area contributed by atoms with Gasteiger partial charge in [0.15, 0.2) is 0 Å². The number of rotatable bonds is 5. The third-order valence-corrected chi connectivity index (χ3v) is 6.85. The van der Waals surface area contributed by atoms with Gasteiger partial charge in [-0.3, -0.25) is 9.69 Å². The highest BCUT2D eigenvalue weighted by Crippen LogP contribution is 2.56. The van der Waals surface area contributed by atoms with Crippen LogP contribution in [-0.4, -0.2) is 42.2 Å². The van der Waals surface area contributed by atoms with Gasteiger partial charge in [-0.25, -0.2) is 9.59 Å². The summed E-state index contributed by atoms with van der Waals surface area (Å²) in [7, 11) is 1.27. The van der Waals surface area contributed by atoms with E-state index in [0.717, 1.165) is 16.7 Å². The van der Waals surface area contributed by atoms with Gasteiger partial charge in [0, 0.05) is 0 Å². The van der Waals surface area contributed by atoms with Gasteiger partial charge in [0.25, 0.3) is 0 Å². The highest BCUT2D eigenvalue weighted by atomic mass is 16.6. The Morgan fingerprint density at radius 3 is 2.17 bits per heavy atom. The summed E-state index contributed by atoms with van der Waals surface area (Å²) in [5.74, 6) is -1.06. The molecule has 2 fully saturated rings. The second-order valence-electron chi connectivity index (χ2n) is 8.72. The number of nitrogens with zero attached hydrogens (tertiary/aromatic N) is 1. The average molecular weight is 472 g/mol. The Kier molecular flexibility index (Phi) is 5.99. The lowest BCUT2D eigenvalue weighted by Crippen LogP contribution is -2.52. The molecule has 7 heteroatoms. The Hall–Kier alpha value is -4.13. The summed E-state index contributed by atoms with van der Waals surface area (Å²) < 4.78 is 16.8. The van der Waals surface area contributed by atoms with Crippen LogP contribution in [0.1, 0.15) is 29.2 Å². The van der Waals surface area contributed by atoms with Crippen LogP contribution in [0.3, 0.4) is 0 Å². The van der Waals surface area contributed by atoms with Crippen molar-refractivity contribution < 1.29 is 28.6 Å². The minimum Gasteiger partial charge on any atom is -0.467 e. The summed E-state index contributed by atoms with van der Waals surface area (Å²) in [5, 5.41) is 0. The van der Waals surface area contributed by atoms with E-state index < -0.39 is 41.6 Å². The molecule has 4 atom stereocenters. The fourth-order valence-electron chi connectivity index (χ4n) is 5.39. The van der Waals surface area contributed by atoms with Crippen molar-refractivity contribution in [1.29, 1.82) is 0 Å². The van der Waals surface area contributed by atoms with E-state index in [0.29, 0.717) is 0 Å². The predicted molar refractivity (Wildman–Crippen MR) is 126 cm³/mol. The lowest BCUT2D eigenvalue weighted by Gasteiger charge is -2.33. The van der Waals surface area contributed by atoms with Gasteiger partial charge in [-0.1, -0.05) is 91.0 Å². The van der Waals surface area contributed by atoms with Crippen LogP contribution in [0.5, 0.6) is 0 Å². The molecule has 2 saturated heterocycles. The van der Waals surface area contributed by atoms with Gasteiger partial charge in [0.05, 0.1) is 25.0 Å². The van der Waals surface area contributed by atoms with Crippen molar-refractivity contribution in [2.45, 2.75) is 36.6 Å². The molecule has 0 radical (unpaired) electrons. The molecular formula is C28H25NO6. The number of carbonyl (C=O) groups is 3. The van der Waals surface area contributed by atoms with Crippen LogP contribution in [0.15, 0.2) is 91.0 Å². The van der Waals surface area contributed by atoms with E-state index in [4.69, 9.17) is 14.2 Å². The Balaban J connectivity index is 1.64. The predicted octanol–water partition coefficient (Wildman–Crippen LogP) is 4.18. The topological polar surface area (TPSA) is 82.1 Å². The zero-order chi connectivity index (χ0) is 24.4. The van der Waals surface area contributed by atoms with Crippen molar-refractivity contribution in [1.82, 2.24) is 4.90 Å². The summed E-state index contributed by atoms with van der Waals surface area (Å²) in [4.78, 5) is 41.2. The van der Waals surface area contributed by atoms with Gasteiger partial charge in [0.1, 0.15) is 18.8 Å². The lowest BCUT2D eigenvalue weighted by molar-refractivity contribution is -0.148. The van der Waals surface area contributed by atoms with Gasteiger partial charge >= 0.3 is 18.0 Å². The molecule has 7 nitrogen and oxygen atoms in total. The minimum absolute atomic E-state index is 0.0361. The van der Waals surface area contributed by atoms with Crippen molar-refractivity contribution >= 4 is 18.0 Å². The van der Waals surface area contributed by atoms with E-state index >= 15 is 0 Å². The summed E-state index contributed by atoms with van der Waals surface area (Å²) in [6.45, 7) is 0.0361. The molecule has 0 aromatic heterocycles. The number of hydrogen-bond acceptors (Lipinski definition) is 6. The molecule has 3 aromatic carbocycles. The molecule has 0 unspecified atom stereocenters. The van der Waals surface area contributed by atoms with E-state index in [9.17, 15) is 14.4 Å². The van der Waals surface area contributed by atoms with Gasteiger partial charge < -0.3 is 14.2 Å². The Bertz CT molecular complexity index is 1220. The first-order valence-electron chi connectivity index (χ1n) is 11.4. The summed E-state index contributed by atoms with van der Waals surface area (Å²) in [6.07, 6.45) is -1.54. The van der Waals surface area contributed by atoms with E-state index in [1.165, 1.54) is 12.0 Å². The average Bonchev–Trinajstić information content (AvgIpc) is 3.39. The quantitative estimate of drug-likeness (QED) is 0.410. The number of ether oxygens (including phenoxy) is 3. The molecule has 2 heterocycles. The third-order valence-electron chi connectivity index (χ3n) is 6.85. The van der Waals surface area contributed by atoms with Crippen LogP contribution in [0.2, 0.25) is 0 Å². The van der Waals surface area contributed by atoms with Gasteiger partial charge in [-0.15, -0.1) is 0 Å². The smallest absolute Gasteiger partial charge is 0.411 e. The molecular weight excluding hydrogens is 446 g/mol. The lowest BCUT2D eigenvalue weighted by atomic mass is 9.70. The Labute approximate surface area is 203 Å². The fourth-order valence-corrected chi connectivity index (χ4v) is 5.39. The van der Waals surface area contributed by atoms with Crippen LogP contribution < -0.4 is 0 Å². The fraction of sp³-hybridized carbons (Fsp3) is 0.250. The summed E-state index contributed by atoms with van der Waals surface area (Å²) in [5.41, 5.74) is 1.15. The van der Waals surface area contributed by atoms with Crippen LogP contribution in [0, 0.1) is 0 Å². The zero-order valence-corrected chi connectivity index (χ0v) is 19.2. The van der Waals surface area contributed by atoms with Crippen molar-refractivity contribution in [3.8, 4) is 0 Å². The molecule has 0 N–H and O–H groups in total. The van der Waals surface area contributed by atoms with E-state index in [1.807, 2.05) is 91.0 Å². The maximum atomic E-state index is 13.7. The molecule has 178 valence electrons. The van der Waals surface area contributed by atoms with Crippen molar-refractivity contribution in [2.24, 2.45) is 0 Å². The number of amides is 1. The molecule has 2 aliphatic heterocycles. The number of carbonyl (C=O) groups excluding carboxylic acids is 3. The maximum Gasteiger partial charge on any atom is 0.411 e. The molecule has 3 aromatic rings. The standard InChI is InChI=1S/C28H25NO6/c1-33-26(31)24-28(21-15-9-4-10-16-21)17-22(30)35-25(28)23(20-13-7-3-8-14-20)29(24)27(32)34-18-19-11-5-2-6-12-19/h2-16,23-25H,17-18H2,1H3/t23-,24+,25+,28+/m0/s1. The van der Waals surface area contributed by atoms with E-state index in [2.05, 4.69) is 0 Å². The first-order chi connectivity index (χ1) is 17.1. The molecule has 0 spiro atoms. The Morgan fingerprint density at radius 1 is 0.943 bits per heavy atom. The number of likely N-dealkylation sites (tertiary alicyclic amines) is 1. The zero-order valence-electron chi connectivity index (χ0n) is 19.2. The molecule has 35 heavy (non-hydrogen) atoms. The van der Waals surface area contributed by atoms with Gasteiger partial charge in [-0.2, -0.15) is 0 Å². The second-order valence-corrected chi connectivity index (χ2v) is 8.72. The number of benzene rings is 3. The monoisotopic (exact) mass is 471 g/mol. The molecule has 0 saturated carbocycles. The number of esters is 2. The Morgan fingerprint density at radius 2 is 1.54 bits per heavy atom. The van der Waals surface area contributed by atoms with Crippen LogP contribution in [-0.2, 0) is 35.8 Å². The highest BCUT2D eigenvalue weighted by Gasteiger charge is 2.70. The van der Waals surface area contributed by atoms with E-state index in [1.54, 1.807) is 0 Å². The van der Waals surface area contributed by atoms with Crippen LogP contribution in [0.25, 0.3) is 0 Å². The molecule has 2 aliphatic rings. The summed E-state index contributed by atoms with van der Waals surface area (Å²) in [6, 6.07) is 25.9. The molecule has 1 amide bonds. The van der Waals surface area contributed by atoms with Gasteiger partial charge in [0.2, 0.25) is 0 Å². The van der Waals surface area contributed by atoms with Crippen LogP contribution >= 0.6 is 0 Å². The van der Waals surface area contributed by atoms with Crippen molar-refractivity contribution in [2.75, 3.05) is 7.11 Å². The molecule has 5 rings (SSSR count). The van der Waals surface area contributed by atoms with Crippen molar-refractivity contribution in [3.05, 3.63) is 108 Å². The number of fused-ring (bicyclic) bond motifs is 1. The summed E-state index contributed by atoms with van der Waals surface area (Å²) >= 11 is 0.